The van der Waals surface area contributed by atoms with Gasteiger partial charge in [-0.1, -0.05) is 0 Å². The molecule has 2 aliphatic rings. The summed E-state index contributed by atoms with van der Waals surface area (Å²) in [5.41, 5.74) is 1.14. The highest BCUT2D eigenvalue weighted by atomic mass is 32.2. The summed E-state index contributed by atoms with van der Waals surface area (Å²) in [6.45, 7) is 1.66. The predicted molar refractivity (Wildman–Crippen MR) is 99.0 cm³/mol. The number of nitrogens with zero attached hydrogens (tertiary/aromatic N) is 3. The van der Waals surface area contributed by atoms with E-state index in [1.54, 1.807) is 17.3 Å². The maximum absolute atomic E-state index is 12.9. The van der Waals surface area contributed by atoms with E-state index >= 15 is 0 Å². The molecule has 2 atom stereocenters. The zero-order valence-corrected chi connectivity index (χ0v) is 15.4. The summed E-state index contributed by atoms with van der Waals surface area (Å²) in [6.07, 6.45) is 4.81. The van der Waals surface area contributed by atoms with Gasteiger partial charge in [-0.05, 0) is 23.8 Å². The first kappa shape index (κ1) is 17.9. The number of rotatable bonds is 3. The molecule has 0 radical (unpaired) electrons. The van der Waals surface area contributed by atoms with Crippen molar-refractivity contribution in [1.29, 1.82) is 0 Å². The third-order valence-corrected chi connectivity index (χ3v) is 6.92. The van der Waals surface area contributed by atoms with Gasteiger partial charge >= 0.3 is 0 Å². The van der Waals surface area contributed by atoms with Crippen LogP contribution in [0, 0.1) is 0 Å². The summed E-state index contributed by atoms with van der Waals surface area (Å²) in [5.74, 6) is -0.223. The standard InChI is InChI=1S/C18H20N4O4S/c23-17-2-1-14(9-20-17)18(24)22-8-7-21(10-13-3-5-19-6-4-13)15-11-27(25,26)12-16(15)22/h1-6,9,15-16H,7-8,10-12H2,(H,20,23)/t15-,16+/m1/s1. The third-order valence-electron chi connectivity index (χ3n) is 5.22. The monoisotopic (exact) mass is 388 g/mol. The minimum Gasteiger partial charge on any atom is -0.332 e. The average molecular weight is 388 g/mol. The molecule has 0 aromatic carbocycles. The number of fused-ring (bicyclic) bond motifs is 1. The van der Waals surface area contributed by atoms with Crippen molar-refractivity contribution in [3.63, 3.8) is 0 Å². The van der Waals surface area contributed by atoms with Crippen LogP contribution in [0.4, 0.5) is 0 Å². The maximum Gasteiger partial charge on any atom is 0.255 e. The highest BCUT2D eigenvalue weighted by Crippen LogP contribution is 2.29. The molecule has 0 unspecified atom stereocenters. The molecule has 4 rings (SSSR count). The van der Waals surface area contributed by atoms with Crippen molar-refractivity contribution in [1.82, 2.24) is 19.8 Å². The Hall–Kier alpha value is -2.52. The van der Waals surface area contributed by atoms with Crippen molar-refractivity contribution in [2.75, 3.05) is 24.6 Å². The van der Waals surface area contributed by atoms with Gasteiger partial charge in [0.05, 0.1) is 23.1 Å². The highest BCUT2D eigenvalue weighted by molar-refractivity contribution is 7.91. The topological polar surface area (TPSA) is 103 Å². The van der Waals surface area contributed by atoms with E-state index in [2.05, 4.69) is 14.9 Å². The van der Waals surface area contributed by atoms with Crippen molar-refractivity contribution in [3.8, 4) is 0 Å². The molecule has 4 heterocycles. The molecular weight excluding hydrogens is 368 g/mol. The van der Waals surface area contributed by atoms with E-state index in [1.807, 2.05) is 12.1 Å². The zero-order chi connectivity index (χ0) is 19.0. The lowest BCUT2D eigenvalue weighted by atomic mass is 10.0. The summed E-state index contributed by atoms with van der Waals surface area (Å²) in [5, 5.41) is 0. The maximum atomic E-state index is 12.9. The molecule has 2 saturated heterocycles. The lowest BCUT2D eigenvalue weighted by Gasteiger charge is -2.44. The van der Waals surface area contributed by atoms with Crippen molar-refractivity contribution in [3.05, 3.63) is 64.3 Å². The Kier molecular flexibility index (Phi) is 4.56. The predicted octanol–water partition coefficient (Wildman–Crippen LogP) is -0.106. The number of aromatic nitrogens is 2. The second-order valence-corrected chi connectivity index (χ2v) is 9.13. The van der Waals surface area contributed by atoms with Crippen LogP contribution in [0.2, 0.25) is 0 Å². The van der Waals surface area contributed by atoms with Gasteiger partial charge in [0.25, 0.3) is 5.91 Å². The van der Waals surface area contributed by atoms with E-state index in [4.69, 9.17) is 0 Å². The lowest BCUT2D eigenvalue weighted by molar-refractivity contribution is 0.0306. The van der Waals surface area contributed by atoms with E-state index in [0.29, 0.717) is 25.2 Å². The van der Waals surface area contributed by atoms with Gasteiger partial charge in [-0.25, -0.2) is 8.42 Å². The Bertz CT molecular complexity index is 985. The fraction of sp³-hybridized carbons (Fsp3) is 0.389. The van der Waals surface area contributed by atoms with Crippen LogP contribution in [-0.2, 0) is 16.4 Å². The molecule has 0 bridgehead atoms. The van der Waals surface area contributed by atoms with E-state index in [-0.39, 0.29) is 35.1 Å². The van der Waals surface area contributed by atoms with Gasteiger partial charge in [-0.15, -0.1) is 0 Å². The van der Waals surface area contributed by atoms with Crippen LogP contribution < -0.4 is 5.56 Å². The second kappa shape index (κ2) is 6.90. The molecule has 1 amide bonds. The lowest BCUT2D eigenvalue weighted by Crippen LogP contribution is -2.60. The van der Waals surface area contributed by atoms with Gasteiger partial charge in [0.1, 0.15) is 0 Å². The number of piperazine rings is 1. The van der Waals surface area contributed by atoms with E-state index < -0.39 is 9.84 Å². The molecule has 2 aliphatic heterocycles. The molecule has 2 fully saturated rings. The van der Waals surface area contributed by atoms with Crippen molar-refractivity contribution < 1.29 is 13.2 Å². The second-order valence-electron chi connectivity index (χ2n) is 6.98. The van der Waals surface area contributed by atoms with E-state index in [1.165, 1.54) is 18.3 Å². The summed E-state index contributed by atoms with van der Waals surface area (Å²) in [4.78, 5) is 34.4. The van der Waals surface area contributed by atoms with Crippen LogP contribution in [0.15, 0.2) is 47.7 Å². The molecule has 1 N–H and O–H groups in total. The largest absolute Gasteiger partial charge is 0.332 e. The number of hydrogen-bond acceptors (Lipinski definition) is 6. The minimum absolute atomic E-state index is 0.0282. The van der Waals surface area contributed by atoms with Gasteiger partial charge in [-0.2, -0.15) is 0 Å². The molecule has 9 heteroatoms. The van der Waals surface area contributed by atoms with Crippen LogP contribution in [0.5, 0.6) is 0 Å². The van der Waals surface area contributed by atoms with Gasteiger partial charge in [0.15, 0.2) is 9.84 Å². The number of carbonyl (C=O) groups excluding carboxylic acids is 1. The summed E-state index contributed by atoms with van der Waals surface area (Å²) in [6, 6.07) is 5.99. The molecular formula is C18H20N4O4S. The first-order valence-electron chi connectivity index (χ1n) is 8.76. The van der Waals surface area contributed by atoms with E-state index in [0.717, 1.165) is 5.56 Å². The van der Waals surface area contributed by atoms with Crippen LogP contribution in [0.1, 0.15) is 15.9 Å². The number of amides is 1. The Morgan fingerprint density at radius 1 is 1.11 bits per heavy atom. The molecule has 2 aromatic heterocycles. The van der Waals surface area contributed by atoms with Crippen molar-refractivity contribution >= 4 is 15.7 Å². The number of hydrogen-bond donors (Lipinski definition) is 1. The normalized spacial score (nSPS) is 24.5. The van der Waals surface area contributed by atoms with Crippen molar-refractivity contribution in [2.45, 2.75) is 18.6 Å². The first-order valence-corrected chi connectivity index (χ1v) is 10.6. The van der Waals surface area contributed by atoms with Crippen LogP contribution in [0.3, 0.4) is 0 Å². The first-order chi connectivity index (χ1) is 12.9. The Balaban J connectivity index is 1.59. The number of pyridine rings is 2. The zero-order valence-electron chi connectivity index (χ0n) is 14.6. The van der Waals surface area contributed by atoms with Gasteiger partial charge in [0.2, 0.25) is 5.56 Å². The quantitative estimate of drug-likeness (QED) is 0.787. The van der Waals surface area contributed by atoms with Gasteiger partial charge in [-0.3, -0.25) is 19.5 Å². The molecule has 0 aliphatic carbocycles. The van der Waals surface area contributed by atoms with Gasteiger partial charge in [0, 0.05) is 50.3 Å². The number of aromatic amines is 1. The number of sulfone groups is 1. The molecule has 2 aromatic rings. The fourth-order valence-corrected chi connectivity index (χ4v) is 5.92. The molecule has 142 valence electrons. The number of carbonyl (C=O) groups is 1. The van der Waals surface area contributed by atoms with Crippen LogP contribution >= 0.6 is 0 Å². The van der Waals surface area contributed by atoms with Crippen molar-refractivity contribution in [2.24, 2.45) is 0 Å². The van der Waals surface area contributed by atoms with Gasteiger partial charge < -0.3 is 9.88 Å². The summed E-state index contributed by atoms with van der Waals surface area (Å²) < 4.78 is 24.6. The Labute approximate surface area is 156 Å². The third kappa shape index (κ3) is 3.65. The number of H-pyrrole nitrogens is 1. The Morgan fingerprint density at radius 2 is 1.85 bits per heavy atom. The summed E-state index contributed by atoms with van der Waals surface area (Å²) >= 11 is 0. The smallest absolute Gasteiger partial charge is 0.255 e. The minimum atomic E-state index is -3.22. The molecule has 8 nitrogen and oxygen atoms in total. The Morgan fingerprint density at radius 3 is 2.56 bits per heavy atom. The SMILES string of the molecule is O=C(c1ccc(=O)[nH]c1)N1CCN(Cc2ccncc2)[C@@H]2CS(=O)(=O)C[C@@H]21. The molecule has 0 spiro atoms. The fourth-order valence-electron chi connectivity index (χ4n) is 3.91. The highest BCUT2D eigenvalue weighted by Gasteiger charge is 2.48. The van der Waals surface area contributed by atoms with Crippen LogP contribution in [-0.4, -0.2) is 70.8 Å². The number of nitrogens with one attached hydrogen (secondary N) is 1. The summed E-state index contributed by atoms with van der Waals surface area (Å²) in [7, 11) is -3.22. The average Bonchev–Trinajstić information content (AvgIpc) is 2.98. The van der Waals surface area contributed by atoms with Crippen LogP contribution in [0.25, 0.3) is 0 Å². The molecule has 0 saturated carbocycles. The van der Waals surface area contributed by atoms with E-state index in [9.17, 15) is 18.0 Å². The molecule has 27 heavy (non-hydrogen) atoms.